The van der Waals surface area contributed by atoms with Crippen molar-refractivity contribution in [2.24, 2.45) is 11.8 Å². The summed E-state index contributed by atoms with van der Waals surface area (Å²) >= 11 is 0. The van der Waals surface area contributed by atoms with Crippen molar-refractivity contribution in [1.29, 1.82) is 0 Å². The van der Waals surface area contributed by atoms with Crippen molar-refractivity contribution in [3.63, 3.8) is 0 Å². The average molecular weight is 274 g/mol. The molecule has 1 saturated carbocycles. The molecule has 2 heteroatoms. The maximum absolute atomic E-state index is 4.35. The van der Waals surface area contributed by atoms with Gasteiger partial charge in [-0.25, -0.2) is 0 Å². The van der Waals surface area contributed by atoms with Crippen molar-refractivity contribution in [1.82, 2.24) is 10.3 Å². The fraction of sp³-hybridized carbons (Fsp3) is 0.722. The van der Waals surface area contributed by atoms with Crippen LogP contribution in [0.25, 0.3) is 0 Å². The number of nitrogens with one attached hydrogen (secondary N) is 1. The number of rotatable bonds is 6. The van der Waals surface area contributed by atoms with E-state index < -0.39 is 0 Å². The molecule has 0 spiro atoms. The lowest BCUT2D eigenvalue weighted by atomic mass is 9.75. The van der Waals surface area contributed by atoms with Crippen molar-refractivity contribution < 1.29 is 0 Å². The molecular formula is C18H30N2. The molecule has 3 atom stereocenters. The van der Waals surface area contributed by atoms with Crippen LogP contribution in [-0.4, -0.2) is 11.5 Å². The number of hydrogen-bond acceptors (Lipinski definition) is 2. The van der Waals surface area contributed by atoms with Gasteiger partial charge < -0.3 is 5.32 Å². The van der Waals surface area contributed by atoms with Gasteiger partial charge in [-0.2, -0.15) is 0 Å². The van der Waals surface area contributed by atoms with E-state index in [0.29, 0.717) is 6.04 Å². The minimum absolute atomic E-state index is 0.519. The van der Waals surface area contributed by atoms with Gasteiger partial charge in [0.2, 0.25) is 0 Å². The Bertz CT molecular complexity index is 402. The van der Waals surface area contributed by atoms with Gasteiger partial charge in [0.05, 0.1) is 0 Å². The predicted octanol–water partition coefficient (Wildman–Crippen LogP) is 4.65. The Morgan fingerprint density at radius 2 is 2.20 bits per heavy atom. The van der Waals surface area contributed by atoms with Crippen LogP contribution in [0.3, 0.4) is 0 Å². The zero-order valence-electron chi connectivity index (χ0n) is 13.4. The summed E-state index contributed by atoms with van der Waals surface area (Å²) in [5.41, 5.74) is 2.57. The van der Waals surface area contributed by atoms with Crippen molar-refractivity contribution in [3.05, 3.63) is 29.6 Å². The van der Waals surface area contributed by atoms with E-state index >= 15 is 0 Å². The Hall–Kier alpha value is -0.890. The fourth-order valence-corrected chi connectivity index (χ4v) is 3.62. The summed E-state index contributed by atoms with van der Waals surface area (Å²) in [6.45, 7) is 7.80. The third kappa shape index (κ3) is 4.05. The lowest BCUT2D eigenvalue weighted by molar-refractivity contribution is 0.209. The topological polar surface area (TPSA) is 24.9 Å². The van der Waals surface area contributed by atoms with Crippen LogP contribution in [-0.2, 0) is 0 Å². The highest BCUT2D eigenvalue weighted by Gasteiger charge is 2.28. The molecule has 1 aliphatic carbocycles. The minimum Gasteiger partial charge on any atom is -0.310 e. The molecule has 0 saturated heterocycles. The van der Waals surface area contributed by atoms with E-state index in [1.807, 2.05) is 6.20 Å². The fourth-order valence-electron chi connectivity index (χ4n) is 3.62. The molecule has 1 N–H and O–H groups in total. The zero-order chi connectivity index (χ0) is 14.4. The summed E-state index contributed by atoms with van der Waals surface area (Å²) in [5.74, 6) is 1.73. The highest BCUT2D eigenvalue weighted by molar-refractivity contribution is 5.20. The van der Waals surface area contributed by atoms with Crippen molar-refractivity contribution in [3.8, 4) is 0 Å². The number of aryl methyl sites for hydroxylation is 1. The molecule has 0 aromatic carbocycles. The molecule has 1 aromatic heterocycles. The molecule has 0 aliphatic heterocycles. The van der Waals surface area contributed by atoms with Crippen LogP contribution >= 0.6 is 0 Å². The van der Waals surface area contributed by atoms with Crippen LogP contribution in [0.4, 0.5) is 0 Å². The van der Waals surface area contributed by atoms with Crippen molar-refractivity contribution >= 4 is 0 Å². The number of hydrogen-bond donors (Lipinski definition) is 1. The van der Waals surface area contributed by atoms with Crippen molar-refractivity contribution in [2.75, 3.05) is 6.54 Å². The van der Waals surface area contributed by atoms with Crippen molar-refractivity contribution in [2.45, 2.75) is 65.3 Å². The first-order valence-corrected chi connectivity index (χ1v) is 8.40. The first-order chi connectivity index (χ1) is 9.74. The predicted molar refractivity (Wildman–Crippen MR) is 85.7 cm³/mol. The Kier molecular flexibility index (Phi) is 6.03. The number of nitrogens with zero attached hydrogens (tertiary/aromatic N) is 1. The molecule has 2 rings (SSSR count). The van der Waals surface area contributed by atoms with Crippen LogP contribution in [0.5, 0.6) is 0 Å². The van der Waals surface area contributed by atoms with Gasteiger partial charge in [-0.05, 0) is 62.3 Å². The van der Waals surface area contributed by atoms with Crippen LogP contribution < -0.4 is 5.32 Å². The standard InChI is InChI=1S/C18H30N2/c1-4-10-20-18(17-9-11-19-14(3)12-17)16-8-6-7-15(5-2)13-16/h9,11-12,15-16,18,20H,4-8,10,13H2,1-3H3. The molecule has 1 heterocycles. The zero-order valence-corrected chi connectivity index (χ0v) is 13.4. The summed E-state index contributed by atoms with van der Waals surface area (Å²) < 4.78 is 0. The second-order valence-corrected chi connectivity index (χ2v) is 6.36. The van der Waals surface area contributed by atoms with Gasteiger partial charge >= 0.3 is 0 Å². The third-order valence-electron chi connectivity index (χ3n) is 4.77. The Balaban J connectivity index is 2.14. The molecule has 0 amide bonds. The molecule has 3 unspecified atom stereocenters. The van der Waals surface area contributed by atoms with E-state index in [2.05, 4.69) is 43.2 Å². The summed E-state index contributed by atoms with van der Waals surface area (Å²) in [6, 6.07) is 4.99. The van der Waals surface area contributed by atoms with Gasteiger partial charge in [-0.15, -0.1) is 0 Å². The van der Waals surface area contributed by atoms with E-state index in [1.54, 1.807) is 0 Å². The van der Waals surface area contributed by atoms with Gasteiger partial charge in [0, 0.05) is 17.9 Å². The number of aromatic nitrogens is 1. The Morgan fingerprint density at radius 1 is 1.35 bits per heavy atom. The summed E-state index contributed by atoms with van der Waals surface area (Å²) in [4.78, 5) is 4.35. The minimum atomic E-state index is 0.519. The molecule has 20 heavy (non-hydrogen) atoms. The van der Waals surface area contributed by atoms with Gasteiger partial charge in [0.1, 0.15) is 0 Å². The largest absolute Gasteiger partial charge is 0.310 e. The summed E-state index contributed by atoms with van der Waals surface area (Å²) in [5, 5.41) is 3.80. The van der Waals surface area contributed by atoms with E-state index in [-0.39, 0.29) is 0 Å². The SMILES string of the molecule is CCCNC(c1ccnc(C)c1)C1CCCC(CC)C1. The molecule has 1 fully saturated rings. The maximum atomic E-state index is 4.35. The second kappa shape index (κ2) is 7.78. The van der Waals surface area contributed by atoms with Gasteiger partial charge in [0.25, 0.3) is 0 Å². The second-order valence-electron chi connectivity index (χ2n) is 6.36. The van der Waals surface area contributed by atoms with Crippen LogP contribution in [0, 0.1) is 18.8 Å². The molecule has 0 bridgehead atoms. The highest BCUT2D eigenvalue weighted by Crippen LogP contribution is 2.38. The molecule has 1 aromatic rings. The lowest BCUT2D eigenvalue weighted by Gasteiger charge is -2.35. The van der Waals surface area contributed by atoms with E-state index in [1.165, 1.54) is 44.1 Å². The van der Waals surface area contributed by atoms with Crippen LogP contribution in [0.2, 0.25) is 0 Å². The van der Waals surface area contributed by atoms with Gasteiger partial charge in [0.15, 0.2) is 0 Å². The molecular weight excluding hydrogens is 244 g/mol. The molecule has 0 radical (unpaired) electrons. The van der Waals surface area contributed by atoms with Gasteiger partial charge in [-0.3, -0.25) is 4.98 Å². The highest BCUT2D eigenvalue weighted by atomic mass is 14.9. The summed E-state index contributed by atoms with van der Waals surface area (Å²) in [6.07, 6.45) is 10.1. The first-order valence-electron chi connectivity index (χ1n) is 8.40. The molecule has 112 valence electrons. The smallest absolute Gasteiger partial charge is 0.0375 e. The summed E-state index contributed by atoms with van der Waals surface area (Å²) in [7, 11) is 0. The average Bonchev–Trinajstić information content (AvgIpc) is 2.48. The van der Waals surface area contributed by atoms with Crippen LogP contribution in [0.1, 0.15) is 69.7 Å². The lowest BCUT2D eigenvalue weighted by Crippen LogP contribution is -2.32. The molecule has 1 aliphatic rings. The quantitative estimate of drug-likeness (QED) is 0.817. The molecule has 2 nitrogen and oxygen atoms in total. The monoisotopic (exact) mass is 274 g/mol. The number of pyridine rings is 1. The van der Waals surface area contributed by atoms with E-state index in [4.69, 9.17) is 0 Å². The Morgan fingerprint density at radius 3 is 2.90 bits per heavy atom. The van der Waals surface area contributed by atoms with E-state index in [9.17, 15) is 0 Å². The van der Waals surface area contributed by atoms with E-state index in [0.717, 1.165) is 24.1 Å². The van der Waals surface area contributed by atoms with Crippen LogP contribution in [0.15, 0.2) is 18.3 Å². The maximum Gasteiger partial charge on any atom is 0.0375 e. The normalized spacial score (nSPS) is 24.6. The van der Waals surface area contributed by atoms with Gasteiger partial charge in [-0.1, -0.05) is 33.1 Å². The first kappa shape index (κ1) is 15.5. The third-order valence-corrected chi connectivity index (χ3v) is 4.77. The Labute approximate surface area is 124 Å².